The van der Waals surface area contributed by atoms with E-state index in [9.17, 15) is 14.7 Å². The van der Waals surface area contributed by atoms with E-state index in [1.165, 1.54) is 19.4 Å². The first-order valence-corrected chi connectivity index (χ1v) is 10.1. The molecule has 164 valence electrons. The van der Waals surface area contributed by atoms with E-state index in [2.05, 4.69) is 12.2 Å². The number of aromatic nitrogens is 1. The summed E-state index contributed by atoms with van der Waals surface area (Å²) < 4.78 is 22.7. The van der Waals surface area contributed by atoms with Crippen molar-refractivity contribution in [3.63, 3.8) is 0 Å². The zero-order valence-electron chi connectivity index (χ0n) is 17.1. The van der Waals surface area contributed by atoms with Crippen LogP contribution in [0.1, 0.15) is 42.6 Å². The molecule has 2 aromatic rings. The Bertz CT molecular complexity index is 1020. The number of carbonyl (C=O) groups is 1. The number of aromatic carboxylic acids is 1. The van der Waals surface area contributed by atoms with Crippen LogP contribution in [0, 0.1) is 11.7 Å². The standard InChI is InChI=1S/C21H26FN3O4.ClH/c1-3-23-9-12-6-7-24(10-12)18-16(22)8-14-17(20(18)29-2)25(13-4-5-13)11-15(19(14)26)21(27)28;/h8,11-13,23H,3-7,9-10H2,1-2H3,(H,27,28);1H. The Balaban J connectivity index is 0.00000256. The molecule has 2 aliphatic rings. The van der Waals surface area contributed by atoms with Crippen molar-refractivity contribution in [3.05, 3.63) is 33.9 Å². The fraction of sp³-hybridized carbons (Fsp3) is 0.524. The first-order chi connectivity index (χ1) is 14.0. The van der Waals surface area contributed by atoms with Gasteiger partial charge in [0.05, 0.1) is 18.0 Å². The second-order valence-corrected chi connectivity index (χ2v) is 7.86. The van der Waals surface area contributed by atoms with E-state index in [1.54, 1.807) is 4.57 Å². The summed E-state index contributed by atoms with van der Waals surface area (Å²) in [6.45, 7) is 5.23. The highest BCUT2D eigenvalue weighted by molar-refractivity contribution is 5.97. The highest BCUT2D eigenvalue weighted by Gasteiger charge is 2.33. The Labute approximate surface area is 180 Å². The number of rotatable bonds is 7. The number of nitrogens with zero attached hydrogens (tertiary/aromatic N) is 2. The van der Waals surface area contributed by atoms with Gasteiger partial charge < -0.3 is 24.6 Å². The second-order valence-electron chi connectivity index (χ2n) is 7.86. The second kappa shape index (κ2) is 8.81. The molecule has 0 bridgehead atoms. The Hall–Kier alpha value is -2.32. The molecule has 1 unspecified atom stereocenters. The molecule has 1 saturated carbocycles. The molecule has 0 radical (unpaired) electrons. The van der Waals surface area contributed by atoms with E-state index in [1.807, 2.05) is 4.90 Å². The van der Waals surface area contributed by atoms with Crippen molar-refractivity contribution < 1.29 is 19.0 Å². The third-order valence-electron chi connectivity index (χ3n) is 5.86. The summed E-state index contributed by atoms with van der Waals surface area (Å²) in [6, 6.07) is 1.28. The van der Waals surface area contributed by atoms with Crippen LogP contribution in [-0.4, -0.2) is 48.9 Å². The molecule has 0 amide bonds. The van der Waals surface area contributed by atoms with Gasteiger partial charge >= 0.3 is 5.97 Å². The maximum Gasteiger partial charge on any atom is 0.341 e. The van der Waals surface area contributed by atoms with E-state index in [0.29, 0.717) is 36.0 Å². The summed E-state index contributed by atoms with van der Waals surface area (Å²) in [6.07, 6.45) is 4.11. The van der Waals surface area contributed by atoms with Crippen molar-refractivity contribution in [1.82, 2.24) is 9.88 Å². The van der Waals surface area contributed by atoms with Gasteiger partial charge in [0, 0.05) is 25.3 Å². The number of methoxy groups -OCH3 is 1. The van der Waals surface area contributed by atoms with Crippen LogP contribution in [0.25, 0.3) is 10.9 Å². The van der Waals surface area contributed by atoms with Gasteiger partial charge in [-0.1, -0.05) is 6.92 Å². The molecule has 7 nitrogen and oxygen atoms in total. The van der Waals surface area contributed by atoms with Gasteiger partial charge in [-0.15, -0.1) is 12.4 Å². The Morgan fingerprint density at radius 3 is 2.70 bits per heavy atom. The number of carboxylic acids is 1. The molecule has 2 N–H and O–H groups in total. The zero-order chi connectivity index (χ0) is 20.7. The van der Waals surface area contributed by atoms with Crippen LogP contribution in [0.5, 0.6) is 5.75 Å². The van der Waals surface area contributed by atoms with Crippen molar-refractivity contribution in [3.8, 4) is 5.75 Å². The van der Waals surface area contributed by atoms with Crippen molar-refractivity contribution in [2.24, 2.45) is 5.92 Å². The lowest BCUT2D eigenvalue weighted by Crippen LogP contribution is -2.27. The molecule has 0 spiro atoms. The normalized spacial score (nSPS) is 18.5. The fourth-order valence-corrected chi connectivity index (χ4v) is 4.27. The molecule has 1 aromatic heterocycles. The van der Waals surface area contributed by atoms with Crippen LogP contribution in [0.3, 0.4) is 0 Å². The molecule has 2 fully saturated rings. The van der Waals surface area contributed by atoms with Crippen molar-refractivity contribution >= 4 is 35.0 Å². The smallest absolute Gasteiger partial charge is 0.341 e. The summed E-state index contributed by atoms with van der Waals surface area (Å²) in [4.78, 5) is 26.3. The maximum absolute atomic E-state index is 15.2. The Morgan fingerprint density at radius 2 is 2.10 bits per heavy atom. The number of ether oxygens (including phenoxy) is 1. The van der Waals surface area contributed by atoms with Crippen LogP contribution < -0.4 is 20.4 Å². The minimum absolute atomic E-state index is 0. The van der Waals surface area contributed by atoms with Gasteiger partial charge in [0.2, 0.25) is 5.43 Å². The van der Waals surface area contributed by atoms with E-state index < -0.39 is 17.2 Å². The maximum atomic E-state index is 15.2. The molecule has 1 aliphatic heterocycles. The monoisotopic (exact) mass is 439 g/mol. The number of nitrogens with one attached hydrogen (secondary N) is 1. The number of pyridine rings is 1. The van der Waals surface area contributed by atoms with Crippen LogP contribution in [0.4, 0.5) is 10.1 Å². The zero-order valence-corrected chi connectivity index (χ0v) is 17.9. The minimum atomic E-state index is -1.31. The number of anilines is 1. The van der Waals surface area contributed by atoms with Crippen molar-refractivity contribution in [2.75, 3.05) is 38.2 Å². The van der Waals surface area contributed by atoms with Gasteiger partial charge in [-0.25, -0.2) is 9.18 Å². The van der Waals surface area contributed by atoms with Crippen LogP contribution >= 0.6 is 12.4 Å². The van der Waals surface area contributed by atoms with Crippen LogP contribution in [0.2, 0.25) is 0 Å². The number of hydrogen-bond donors (Lipinski definition) is 2. The van der Waals surface area contributed by atoms with Crippen LogP contribution in [0.15, 0.2) is 17.1 Å². The average molecular weight is 440 g/mol. The average Bonchev–Trinajstić information content (AvgIpc) is 3.44. The molecule has 30 heavy (non-hydrogen) atoms. The lowest BCUT2D eigenvalue weighted by molar-refractivity contribution is 0.0695. The van der Waals surface area contributed by atoms with E-state index in [4.69, 9.17) is 4.74 Å². The summed E-state index contributed by atoms with van der Waals surface area (Å²) in [7, 11) is 1.47. The number of halogens is 2. The topological polar surface area (TPSA) is 83.8 Å². The highest BCUT2D eigenvalue weighted by atomic mass is 35.5. The largest absolute Gasteiger partial charge is 0.492 e. The number of fused-ring (bicyclic) bond motifs is 1. The molecule has 1 aliphatic carbocycles. The van der Waals surface area contributed by atoms with Gasteiger partial charge in [0.25, 0.3) is 0 Å². The number of hydrogen-bond acceptors (Lipinski definition) is 5. The van der Waals surface area contributed by atoms with Gasteiger partial charge in [0.15, 0.2) is 11.6 Å². The first-order valence-electron chi connectivity index (χ1n) is 10.1. The third-order valence-corrected chi connectivity index (χ3v) is 5.86. The summed E-state index contributed by atoms with van der Waals surface area (Å²) >= 11 is 0. The molecule has 9 heteroatoms. The van der Waals surface area contributed by atoms with E-state index in [-0.39, 0.29) is 29.4 Å². The molecule has 4 rings (SSSR count). The van der Waals surface area contributed by atoms with Gasteiger partial charge in [-0.2, -0.15) is 0 Å². The summed E-state index contributed by atoms with van der Waals surface area (Å²) in [5.74, 6) is -1.14. The Morgan fingerprint density at radius 1 is 1.37 bits per heavy atom. The van der Waals surface area contributed by atoms with Gasteiger partial charge in [-0.05, 0) is 44.3 Å². The Kier molecular flexibility index (Phi) is 6.57. The first kappa shape index (κ1) is 22.4. The van der Waals surface area contributed by atoms with E-state index >= 15 is 4.39 Å². The predicted molar refractivity (Wildman–Crippen MR) is 116 cm³/mol. The summed E-state index contributed by atoms with van der Waals surface area (Å²) in [5, 5.41) is 12.8. The molecule has 1 saturated heterocycles. The highest BCUT2D eigenvalue weighted by Crippen LogP contribution is 2.44. The van der Waals surface area contributed by atoms with Gasteiger partial charge in [0.1, 0.15) is 11.3 Å². The predicted octanol–water partition coefficient (Wildman–Crippen LogP) is 3.04. The van der Waals surface area contributed by atoms with Crippen LogP contribution in [-0.2, 0) is 0 Å². The lowest BCUT2D eigenvalue weighted by Gasteiger charge is -2.25. The minimum Gasteiger partial charge on any atom is -0.492 e. The molecule has 2 heterocycles. The van der Waals surface area contributed by atoms with Gasteiger partial charge in [-0.3, -0.25) is 4.79 Å². The lowest BCUT2D eigenvalue weighted by atomic mass is 10.1. The fourth-order valence-electron chi connectivity index (χ4n) is 4.27. The summed E-state index contributed by atoms with van der Waals surface area (Å²) in [5.41, 5.74) is -0.183. The number of carboxylic acid groups (broad SMARTS) is 1. The molecule has 1 aromatic carbocycles. The third kappa shape index (κ3) is 3.86. The molecular formula is C21H27ClFN3O4. The molecular weight excluding hydrogens is 413 g/mol. The SMILES string of the molecule is CCNCC1CCN(c2c(F)cc3c(=O)c(C(=O)O)cn(C4CC4)c3c2OC)C1.Cl. The molecule has 1 atom stereocenters. The van der Waals surface area contributed by atoms with Crippen molar-refractivity contribution in [2.45, 2.75) is 32.2 Å². The van der Waals surface area contributed by atoms with Crippen molar-refractivity contribution in [1.29, 1.82) is 0 Å². The number of benzene rings is 1. The quantitative estimate of drug-likeness (QED) is 0.690. The van der Waals surface area contributed by atoms with E-state index in [0.717, 1.165) is 32.4 Å².